The molecule has 1 aliphatic heterocycles. The summed E-state index contributed by atoms with van der Waals surface area (Å²) in [4.78, 5) is 0.366. The lowest BCUT2D eigenvalue weighted by atomic mass is 10.1. The Labute approximate surface area is 146 Å². The molecule has 0 spiro atoms. The van der Waals surface area contributed by atoms with Gasteiger partial charge in [-0.15, -0.1) is 0 Å². The van der Waals surface area contributed by atoms with Crippen molar-refractivity contribution in [3.05, 3.63) is 60.7 Å². The molecule has 0 fully saturated rings. The molecule has 0 atom stereocenters. The second kappa shape index (κ2) is 5.97. The van der Waals surface area contributed by atoms with E-state index in [-0.39, 0.29) is 13.2 Å². The first-order valence-electron chi connectivity index (χ1n) is 7.92. The molecule has 0 saturated carbocycles. The first kappa shape index (κ1) is 15.8. The van der Waals surface area contributed by atoms with Gasteiger partial charge in [-0.1, -0.05) is 24.3 Å². The van der Waals surface area contributed by atoms with Crippen molar-refractivity contribution in [3.8, 4) is 11.5 Å². The highest BCUT2D eigenvalue weighted by Gasteiger charge is 2.35. The van der Waals surface area contributed by atoms with Crippen LogP contribution in [0.25, 0.3) is 10.8 Å². The van der Waals surface area contributed by atoms with Crippen LogP contribution in [0.3, 0.4) is 0 Å². The van der Waals surface area contributed by atoms with Gasteiger partial charge in [0.2, 0.25) is 0 Å². The maximum atomic E-state index is 12.8. The summed E-state index contributed by atoms with van der Waals surface area (Å²) in [5, 5.41) is 1.71. The van der Waals surface area contributed by atoms with E-state index in [1.165, 1.54) is 4.31 Å². The standard InChI is InChI=1S/C19H17NO4S/c1-23-15-8-10-16(11-9-15)24-13-12-20-17-6-2-4-14-5-3-7-18(19(14)17)25(20,21)22/h2-11H,12-13H2,1H3. The molecule has 25 heavy (non-hydrogen) atoms. The molecule has 0 N–H and O–H groups in total. The summed E-state index contributed by atoms with van der Waals surface area (Å²) in [6.45, 7) is 0.512. The molecule has 5 nitrogen and oxygen atoms in total. The van der Waals surface area contributed by atoms with E-state index in [9.17, 15) is 8.42 Å². The summed E-state index contributed by atoms with van der Waals surface area (Å²) < 4.78 is 37.9. The molecular weight excluding hydrogens is 338 g/mol. The van der Waals surface area contributed by atoms with Crippen molar-refractivity contribution in [2.24, 2.45) is 0 Å². The van der Waals surface area contributed by atoms with Gasteiger partial charge in [0.25, 0.3) is 10.0 Å². The van der Waals surface area contributed by atoms with Crippen molar-refractivity contribution in [2.75, 3.05) is 24.6 Å². The third-order valence-corrected chi connectivity index (χ3v) is 6.16. The summed E-state index contributed by atoms with van der Waals surface area (Å²) in [5.41, 5.74) is 0.714. The van der Waals surface area contributed by atoms with Gasteiger partial charge < -0.3 is 9.47 Å². The van der Waals surface area contributed by atoms with Gasteiger partial charge in [-0.2, -0.15) is 0 Å². The second-order valence-electron chi connectivity index (χ2n) is 5.73. The summed E-state index contributed by atoms with van der Waals surface area (Å²) in [6, 6.07) is 18.2. The normalized spacial score (nSPS) is 14.7. The van der Waals surface area contributed by atoms with Crippen LogP contribution in [-0.2, 0) is 10.0 Å². The van der Waals surface area contributed by atoms with E-state index in [0.29, 0.717) is 16.3 Å². The average molecular weight is 355 g/mol. The third kappa shape index (κ3) is 2.59. The van der Waals surface area contributed by atoms with Gasteiger partial charge in [0, 0.05) is 5.39 Å². The molecule has 1 heterocycles. The number of sulfonamides is 1. The van der Waals surface area contributed by atoms with Gasteiger partial charge in [-0.05, 0) is 41.8 Å². The number of rotatable bonds is 5. The fourth-order valence-corrected chi connectivity index (χ4v) is 4.81. The number of methoxy groups -OCH3 is 1. The maximum absolute atomic E-state index is 12.8. The van der Waals surface area contributed by atoms with Crippen LogP contribution in [0.1, 0.15) is 0 Å². The number of benzene rings is 3. The van der Waals surface area contributed by atoms with E-state index < -0.39 is 10.0 Å². The number of anilines is 1. The minimum Gasteiger partial charge on any atom is -0.497 e. The van der Waals surface area contributed by atoms with Crippen LogP contribution in [0.5, 0.6) is 11.5 Å². The van der Waals surface area contributed by atoms with Crippen molar-refractivity contribution >= 4 is 26.5 Å². The first-order chi connectivity index (χ1) is 12.1. The van der Waals surface area contributed by atoms with E-state index in [2.05, 4.69) is 0 Å². The average Bonchev–Trinajstić information content (AvgIpc) is 2.86. The van der Waals surface area contributed by atoms with Crippen molar-refractivity contribution in [1.82, 2.24) is 0 Å². The maximum Gasteiger partial charge on any atom is 0.265 e. The zero-order valence-electron chi connectivity index (χ0n) is 13.7. The molecule has 0 amide bonds. The number of hydrogen-bond donors (Lipinski definition) is 0. The lowest BCUT2D eigenvalue weighted by Gasteiger charge is -2.19. The van der Waals surface area contributed by atoms with Crippen LogP contribution < -0.4 is 13.8 Å². The van der Waals surface area contributed by atoms with Crippen LogP contribution in [0.2, 0.25) is 0 Å². The molecule has 0 unspecified atom stereocenters. The van der Waals surface area contributed by atoms with E-state index in [1.807, 2.05) is 24.3 Å². The molecule has 0 saturated heterocycles. The van der Waals surface area contributed by atoms with Gasteiger partial charge in [-0.25, -0.2) is 8.42 Å². The van der Waals surface area contributed by atoms with Crippen LogP contribution in [0.15, 0.2) is 65.6 Å². The predicted molar refractivity (Wildman–Crippen MR) is 97.0 cm³/mol. The Morgan fingerprint density at radius 3 is 2.32 bits per heavy atom. The number of nitrogens with zero attached hydrogens (tertiary/aromatic N) is 1. The monoisotopic (exact) mass is 355 g/mol. The molecule has 0 aliphatic carbocycles. The smallest absolute Gasteiger partial charge is 0.265 e. The Morgan fingerprint density at radius 2 is 1.60 bits per heavy atom. The van der Waals surface area contributed by atoms with Crippen molar-refractivity contribution < 1.29 is 17.9 Å². The van der Waals surface area contributed by atoms with Crippen LogP contribution in [-0.4, -0.2) is 28.7 Å². The zero-order chi connectivity index (χ0) is 17.4. The quantitative estimate of drug-likeness (QED) is 0.704. The summed E-state index contributed by atoms with van der Waals surface area (Å²) >= 11 is 0. The minimum absolute atomic E-state index is 0.252. The fourth-order valence-electron chi connectivity index (χ4n) is 3.12. The Balaban J connectivity index is 1.56. The van der Waals surface area contributed by atoms with Crippen molar-refractivity contribution in [2.45, 2.75) is 4.90 Å². The van der Waals surface area contributed by atoms with Gasteiger partial charge in [-0.3, -0.25) is 4.31 Å². The first-order valence-corrected chi connectivity index (χ1v) is 9.36. The Hall–Kier alpha value is -2.73. The lowest BCUT2D eigenvalue weighted by molar-refractivity contribution is 0.327. The van der Waals surface area contributed by atoms with Crippen LogP contribution in [0.4, 0.5) is 5.69 Å². The van der Waals surface area contributed by atoms with E-state index >= 15 is 0 Å². The molecule has 6 heteroatoms. The molecule has 1 aliphatic rings. The Kier molecular flexibility index (Phi) is 3.77. The highest BCUT2D eigenvalue weighted by molar-refractivity contribution is 7.93. The Morgan fingerprint density at radius 1 is 0.920 bits per heavy atom. The summed E-state index contributed by atoms with van der Waals surface area (Å²) in [6.07, 6.45) is 0. The van der Waals surface area contributed by atoms with E-state index in [1.54, 1.807) is 43.5 Å². The van der Waals surface area contributed by atoms with Gasteiger partial charge in [0.15, 0.2) is 0 Å². The van der Waals surface area contributed by atoms with Crippen molar-refractivity contribution in [1.29, 1.82) is 0 Å². The van der Waals surface area contributed by atoms with Crippen LogP contribution in [0, 0.1) is 0 Å². The molecular formula is C19H17NO4S. The van der Waals surface area contributed by atoms with Crippen LogP contribution >= 0.6 is 0 Å². The van der Waals surface area contributed by atoms with Gasteiger partial charge in [0.05, 0.1) is 24.2 Å². The topological polar surface area (TPSA) is 55.8 Å². The molecule has 0 radical (unpaired) electrons. The SMILES string of the molecule is COc1ccc(OCCN2c3cccc4cccc(c34)S2(=O)=O)cc1. The summed E-state index contributed by atoms with van der Waals surface area (Å²) in [5.74, 6) is 1.42. The number of ether oxygens (including phenoxy) is 2. The lowest BCUT2D eigenvalue weighted by Crippen LogP contribution is -2.31. The predicted octanol–water partition coefficient (Wildman–Crippen LogP) is 3.44. The largest absolute Gasteiger partial charge is 0.497 e. The highest BCUT2D eigenvalue weighted by atomic mass is 32.2. The molecule has 3 aromatic carbocycles. The fraction of sp³-hybridized carbons (Fsp3) is 0.158. The molecule has 128 valence electrons. The third-order valence-electron chi connectivity index (χ3n) is 4.30. The minimum atomic E-state index is -3.53. The molecule has 0 bridgehead atoms. The number of hydrogen-bond acceptors (Lipinski definition) is 4. The molecule has 4 rings (SSSR count). The zero-order valence-corrected chi connectivity index (χ0v) is 14.5. The molecule has 3 aromatic rings. The summed E-state index contributed by atoms with van der Waals surface area (Å²) in [7, 11) is -1.93. The second-order valence-corrected chi connectivity index (χ2v) is 7.56. The highest BCUT2D eigenvalue weighted by Crippen LogP contribution is 2.41. The van der Waals surface area contributed by atoms with Gasteiger partial charge in [0.1, 0.15) is 18.1 Å². The Bertz CT molecular complexity index is 1020. The molecule has 0 aromatic heterocycles. The van der Waals surface area contributed by atoms with E-state index in [4.69, 9.17) is 9.47 Å². The van der Waals surface area contributed by atoms with Crippen molar-refractivity contribution in [3.63, 3.8) is 0 Å². The van der Waals surface area contributed by atoms with E-state index in [0.717, 1.165) is 16.5 Å². The van der Waals surface area contributed by atoms with Gasteiger partial charge >= 0.3 is 0 Å².